The van der Waals surface area contributed by atoms with E-state index in [0.29, 0.717) is 10.6 Å². The monoisotopic (exact) mass is 298 g/mol. The second kappa shape index (κ2) is 5.91. The summed E-state index contributed by atoms with van der Waals surface area (Å²) in [5.74, 6) is -0.473. The maximum atomic E-state index is 13.3. The molecule has 1 N–H and O–H groups in total. The van der Waals surface area contributed by atoms with Crippen LogP contribution in [0.2, 0.25) is 10.0 Å². The Kier molecular flexibility index (Phi) is 4.46. The van der Waals surface area contributed by atoms with Crippen molar-refractivity contribution < 1.29 is 9.50 Å². The summed E-state index contributed by atoms with van der Waals surface area (Å²) < 4.78 is 13.3. The number of rotatable bonds is 3. The van der Waals surface area contributed by atoms with Gasteiger partial charge in [-0.1, -0.05) is 47.5 Å². The lowest BCUT2D eigenvalue weighted by Gasteiger charge is -2.13. The standard InChI is InChI=1S/C15H13Cl2FO/c1-9-7-10(5-6-12(9)16)14(19)8-11-3-2-4-13(18)15(11)17/h2-7,14,19H,8H2,1H3. The first-order valence-corrected chi connectivity index (χ1v) is 6.61. The van der Waals surface area contributed by atoms with Crippen LogP contribution in [-0.4, -0.2) is 5.11 Å². The molecule has 2 rings (SSSR count). The number of halogens is 3. The second-order valence-electron chi connectivity index (χ2n) is 4.44. The maximum Gasteiger partial charge on any atom is 0.142 e. The van der Waals surface area contributed by atoms with Crippen LogP contribution in [0.5, 0.6) is 0 Å². The van der Waals surface area contributed by atoms with Crippen molar-refractivity contribution in [2.24, 2.45) is 0 Å². The predicted molar refractivity (Wildman–Crippen MR) is 76.3 cm³/mol. The van der Waals surface area contributed by atoms with E-state index in [-0.39, 0.29) is 11.4 Å². The molecule has 0 saturated heterocycles. The van der Waals surface area contributed by atoms with Crippen molar-refractivity contribution in [2.75, 3.05) is 0 Å². The average molecular weight is 299 g/mol. The summed E-state index contributed by atoms with van der Waals surface area (Å²) in [4.78, 5) is 0. The summed E-state index contributed by atoms with van der Waals surface area (Å²) in [5, 5.41) is 10.9. The first-order chi connectivity index (χ1) is 8.99. The molecular weight excluding hydrogens is 286 g/mol. The van der Waals surface area contributed by atoms with Crippen LogP contribution in [0, 0.1) is 12.7 Å². The summed E-state index contributed by atoms with van der Waals surface area (Å²) >= 11 is 11.8. The van der Waals surface area contributed by atoms with Gasteiger partial charge in [-0.25, -0.2) is 4.39 Å². The summed E-state index contributed by atoms with van der Waals surface area (Å²) in [6, 6.07) is 9.90. The van der Waals surface area contributed by atoms with Crippen LogP contribution < -0.4 is 0 Å². The first kappa shape index (κ1) is 14.3. The van der Waals surface area contributed by atoms with E-state index in [1.54, 1.807) is 24.3 Å². The number of aliphatic hydroxyl groups is 1. The van der Waals surface area contributed by atoms with Gasteiger partial charge in [-0.2, -0.15) is 0 Å². The van der Waals surface area contributed by atoms with Crippen molar-refractivity contribution in [1.82, 2.24) is 0 Å². The van der Waals surface area contributed by atoms with Crippen LogP contribution in [0.1, 0.15) is 22.8 Å². The molecule has 0 spiro atoms. The molecule has 0 bridgehead atoms. The quantitative estimate of drug-likeness (QED) is 0.869. The van der Waals surface area contributed by atoms with E-state index >= 15 is 0 Å². The lowest BCUT2D eigenvalue weighted by atomic mass is 10.00. The molecule has 100 valence electrons. The van der Waals surface area contributed by atoms with Gasteiger partial charge in [-0.3, -0.25) is 0 Å². The van der Waals surface area contributed by atoms with E-state index in [9.17, 15) is 9.50 Å². The summed E-state index contributed by atoms with van der Waals surface area (Å²) in [5.41, 5.74) is 2.22. The Labute approximate surface area is 121 Å². The van der Waals surface area contributed by atoms with Crippen molar-refractivity contribution in [1.29, 1.82) is 0 Å². The molecule has 0 radical (unpaired) electrons. The molecule has 0 aliphatic rings. The van der Waals surface area contributed by atoms with E-state index in [1.807, 2.05) is 13.0 Å². The normalized spacial score (nSPS) is 12.5. The first-order valence-electron chi connectivity index (χ1n) is 5.86. The molecule has 2 aromatic rings. The number of benzene rings is 2. The van der Waals surface area contributed by atoms with Crippen molar-refractivity contribution in [3.8, 4) is 0 Å². The largest absolute Gasteiger partial charge is 0.388 e. The molecular formula is C15H13Cl2FO. The van der Waals surface area contributed by atoms with Crippen LogP contribution in [0.3, 0.4) is 0 Å². The Morgan fingerprint density at radius 1 is 1.21 bits per heavy atom. The fourth-order valence-electron chi connectivity index (χ4n) is 1.91. The number of hydrogen-bond acceptors (Lipinski definition) is 1. The molecule has 2 aromatic carbocycles. The van der Waals surface area contributed by atoms with Crippen molar-refractivity contribution in [3.05, 3.63) is 69.0 Å². The highest BCUT2D eigenvalue weighted by Gasteiger charge is 2.13. The molecule has 19 heavy (non-hydrogen) atoms. The minimum absolute atomic E-state index is 0.0623. The molecule has 1 nitrogen and oxygen atoms in total. The Morgan fingerprint density at radius 2 is 1.95 bits per heavy atom. The molecule has 0 amide bonds. The van der Waals surface area contributed by atoms with Crippen molar-refractivity contribution >= 4 is 23.2 Å². The average Bonchev–Trinajstić information content (AvgIpc) is 2.38. The maximum absolute atomic E-state index is 13.3. The molecule has 1 unspecified atom stereocenters. The van der Waals surface area contributed by atoms with E-state index in [1.165, 1.54) is 6.07 Å². The van der Waals surface area contributed by atoms with Crippen LogP contribution >= 0.6 is 23.2 Å². The Hall–Kier alpha value is -1.09. The van der Waals surface area contributed by atoms with E-state index in [4.69, 9.17) is 23.2 Å². The van der Waals surface area contributed by atoms with Crippen LogP contribution in [-0.2, 0) is 6.42 Å². The van der Waals surface area contributed by atoms with E-state index in [0.717, 1.165) is 11.1 Å². The highest BCUT2D eigenvalue weighted by molar-refractivity contribution is 6.31. The molecule has 0 aromatic heterocycles. The van der Waals surface area contributed by atoms with Gasteiger partial charge in [0.2, 0.25) is 0 Å². The number of aliphatic hydroxyl groups excluding tert-OH is 1. The minimum atomic E-state index is -0.740. The highest BCUT2D eigenvalue weighted by atomic mass is 35.5. The Bertz CT molecular complexity index is 599. The Balaban J connectivity index is 2.23. The van der Waals surface area contributed by atoms with Gasteiger partial charge in [0.25, 0.3) is 0 Å². The molecule has 4 heteroatoms. The molecule has 0 aliphatic carbocycles. The third-order valence-corrected chi connectivity index (χ3v) is 3.86. The zero-order valence-corrected chi connectivity index (χ0v) is 11.8. The van der Waals surface area contributed by atoms with Crippen LogP contribution in [0.15, 0.2) is 36.4 Å². The summed E-state index contributed by atoms with van der Waals surface area (Å²) in [6.07, 6.45) is -0.479. The SMILES string of the molecule is Cc1cc(C(O)Cc2cccc(F)c2Cl)ccc1Cl. The van der Waals surface area contributed by atoms with Crippen molar-refractivity contribution in [3.63, 3.8) is 0 Å². The molecule has 0 fully saturated rings. The second-order valence-corrected chi connectivity index (χ2v) is 5.23. The smallest absolute Gasteiger partial charge is 0.142 e. The topological polar surface area (TPSA) is 20.2 Å². The highest BCUT2D eigenvalue weighted by Crippen LogP contribution is 2.27. The van der Waals surface area contributed by atoms with E-state index < -0.39 is 11.9 Å². The van der Waals surface area contributed by atoms with Gasteiger partial charge in [-0.05, 0) is 35.7 Å². The third kappa shape index (κ3) is 3.27. The fourth-order valence-corrected chi connectivity index (χ4v) is 2.23. The number of hydrogen-bond donors (Lipinski definition) is 1. The predicted octanol–water partition coefficient (Wildman–Crippen LogP) is 4.72. The summed E-state index contributed by atoms with van der Waals surface area (Å²) in [7, 11) is 0. The number of aryl methyl sites for hydroxylation is 1. The minimum Gasteiger partial charge on any atom is -0.388 e. The zero-order chi connectivity index (χ0) is 14.0. The lowest BCUT2D eigenvalue weighted by Crippen LogP contribution is -2.03. The fraction of sp³-hybridized carbons (Fsp3) is 0.200. The van der Waals surface area contributed by atoms with Gasteiger partial charge in [0.15, 0.2) is 0 Å². The van der Waals surface area contributed by atoms with Gasteiger partial charge in [0.05, 0.1) is 11.1 Å². The summed E-state index contributed by atoms with van der Waals surface area (Å²) in [6.45, 7) is 1.87. The van der Waals surface area contributed by atoms with Gasteiger partial charge in [0.1, 0.15) is 5.82 Å². The molecule has 0 saturated carbocycles. The van der Waals surface area contributed by atoms with Gasteiger partial charge in [-0.15, -0.1) is 0 Å². The van der Waals surface area contributed by atoms with Crippen LogP contribution in [0.4, 0.5) is 4.39 Å². The zero-order valence-electron chi connectivity index (χ0n) is 10.3. The molecule has 0 aliphatic heterocycles. The Morgan fingerprint density at radius 3 is 2.63 bits per heavy atom. The van der Waals surface area contributed by atoms with Crippen molar-refractivity contribution in [2.45, 2.75) is 19.4 Å². The van der Waals surface area contributed by atoms with Crippen LogP contribution in [0.25, 0.3) is 0 Å². The van der Waals surface area contributed by atoms with Gasteiger partial charge >= 0.3 is 0 Å². The van der Waals surface area contributed by atoms with Gasteiger partial charge in [0, 0.05) is 11.4 Å². The molecule has 0 heterocycles. The molecule has 1 atom stereocenters. The third-order valence-electron chi connectivity index (χ3n) is 3.01. The lowest BCUT2D eigenvalue weighted by molar-refractivity contribution is 0.178. The van der Waals surface area contributed by atoms with E-state index in [2.05, 4.69) is 0 Å². The van der Waals surface area contributed by atoms with Gasteiger partial charge < -0.3 is 5.11 Å².